The Balaban J connectivity index is 1.58. The summed E-state index contributed by atoms with van der Waals surface area (Å²) in [6.45, 7) is 9.59. The third-order valence-electron chi connectivity index (χ3n) is 7.78. The first kappa shape index (κ1) is 20.0. The van der Waals surface area contributed by atoms with E-state index in [1.807, 2.05) is 0 Å². The monoisotopic (exact) mass is 392 g/mol. The second-order valence-electron chi connectivity index (χ2n) is 9.31. The lowest BCUT2D eigenvalue weighted by atomic mass is 9.46. The predicted octanol–water partition coefficient (Wildman–Crippen LogP) is 5.15. The standard InChI is InChI=1S/C23H30F2O3/c1-14-4-7-19-22(2,16(14)9-11-26)10-8-20-23(19,3)13-27-21(28-20)15-5-6-17(24)18(25)12-15/h5-6,12,16,19-21,26H,1,4,7-11,13H2,2-3H3/t16-,19?,20-,21-,22+,23+/m1/s1. The third-order valence-corrected chi connectivity index (χ3v) is 7.78. The molecule has 154 valence electrons. The number of hydrogen-bond donors (Lipinski definition) is 1. The maximum absolute atomic E-state index is 13.7. The number of rotatable bonds is 3. The fourth-order valence-corrected chi connectivity index (χ4v) is 6.33. The molecule has 1 saturated heterocycles. The van der Waals surface area contributed by atoms with Gasteiger partial charge in [0.05, 0.1) is 12.7 Å². The number of ether oxygens (including phenoxy) is 2. The highest BCUT2D eigenvalue weighted by molar-refractivity contribution is 5.21. The van der Waals surface area contributed by atoms with Gasteiger partial charge >= 0.3 is 0 Å². The Kier molecular flexibility index (Phi) is 5.13. The van der Waals surface area contributed by atoms with Gasteiger partial charge in [0.25, 0.3) is 0 Å². The summed E-state index contributed by atoms with van der Waals surface area (Å²) in [7, 11) is 0. The molecule has 1 aromatic carbocycles. The minimum atomic E-state index is -0.883. The van der Waals surface area contributed by atoms with Gasteiger partial charge in [0.1, 0.15) is 0 Å². The van der Waals surface area contributed by atoms with Crippen LogP contribution >= 0.6 is 0 Å². The topological polar surface area (TPSA) is 38.7 Å². The van der Waals surface area contributed by atoms with Gasteiger partial charge in [-0.2, -0.15) is 0 Å². The molecule has 1 aromatic rings. The van der Waals surface area contributed by atoms with Gasteiger partial charge in [-0.1, -0.05) is 32.1 Å². The zero-order chi connectivity index (χ0) is 20.1. The first-order chi connectivity index (χ1) is 13.3. The van der Waals surface area contributed by atoms with Crippen molar-refractivity contribution in [1.29, 1.82) is 0 Å². The van der Waals surface area contributed by atoms with Gasteiger partial charge in [0.2, 0.25) is 0 Å². The Hall–Kier alpha value is -1.30. The Bertz CT molecular complexity index is 766. The zero-order valence-electron chi connectivity index (χ0n) is 16.7. The summed E-state index contributed by atoms with van der Waals surface area (Å²) in [4.78, 5) is 0. The lowest BCUT2D eigenvalue weighted by Crippen LogP contribution is -2.60. The maximum atomic E-state index is 13.7. The number of aliphatic hydroxyl groups excluding tert-OH is 1. The van der Waals surface area contributed by atoms with E-state index in [-0.39, 0.29) is 23.5 Å². The highest BCUT2D eigenvalue weighted by atomic mass is 19.2. The van der Waals surface area contributed by atoms with E-state index in [0.29, 0.717) is 24.0 Å². The second kappa shape index (κ2) is 7.19. The molecule has 5 heteroatoms. The van der Waals surface area contributed by atoms with Crippen molar-refractivity contribution < 1.29 is 23.4 Å². The van der Waals surface area contributed by atoms with Crippen LogP contribution in [0.15, 0.2) is 30.4 Å². The van der Waals surface area contributed by atoms with Crippen LogP contribution in [0.3, 0.4) is 0 Å². The van der Waals surface area contributed by atoms with E-state index in [2.05, 4.69) is 20.4 Å². The van der Waals surface area contributed by atoms with Crippen molar-refractivity contribution in [3.63, 3.8) is 0 Å². The van der Waals surface area contributed by atoms with Crippen LogP contribution in [0.5, 0.6) is 0 Å². The number of fused-ring (bicyclic) bond motifs is 3. The minimum absolute atomic E-state index is 0.0126. The summed E-state index contributed by atoms with van der Waals surface area (Å²) in [6, 6.07) is 3.81. The molecule has 0 spiro atoms. The van der Waals surface area contributed by atoms with Crippen LogP contribution in [-0.2, 0) is 9.47 Å². The molecule has 28 heavy (non-hydrogen) atoms. The van der Waals surface area contributed by atoms with E-state index in [1.165, 1.54) is 11.6 Å². The quantitative estimate of drug-likeness (QED) is 0.723. The van der Waals surface area contributed by atoms with Crippen molar-refractivity contribution in [2.75, 3.05) is 13.2 Å². The maximum Gasteiger partial charge on any atom is 0.184 e. The van der Waals surface area contributed by atoms with E-state index in [9.17, 15) is 13.9 Å². The lowest BCUT2D eigenvalue weighted by molar-refractivity contribution is -0.307. The van der Waals surface area contributed by atoms with Crippen LogP contribution in [-0.4, -0.2) is 24.4 Å². The van der Waals surface area contributed by atoms with Crippen molar-refractivity contribution in [1.82, 2.24) is 0 Å². The Morgan fingerprint density at radius 1 is 1.18 bits per heavy atom. The fourth-order valence-electron chi connectivity index (χ4n) is 6.33. The molecule has 2 aliphatic carbocycles. The van der Waals surface area contributed by atoms with Gasteiger partial charge in [0.15, 0.2) is 17.9 Å². The van der Waals surface area contributed by atoms with Crippen LogP contribution in [0.1, 0.15) is 57.8 Å². The summed E-state index contributed by atoms with van der Waals surface area (Å²) >= 11 is 0. The molecule has 3 nitrogen and oxygen atoms in total. The molecule has 2 saturated carbocycles. The summed E-state index contributed by atoms with van der Waals surface area (Å²) in [5, 5.41) is 9.59. The van der Waals surface area contributed by atoms with Gasteiger partial charge in [-0.3, -0.25) is 0 Å². The van der Waals surface area contributed by atoms with Crippen LogP contribution in [0.25, 0.3) is 0 Å². The van der Waals surface area contributed by atoms with Crippen LogP contribution in [0, 0.1) is 34.3 Å². The van der Waals surface area contributed by atoms with Gasteiger partial charge < -0.3 is 14.6 Å². The normalized spacial score (nSPS) is 40.7. The fraction of sp³-hybridized carbons (Fsp3) is 0.652. The van der Waals surface area contributed by atoms with Gasteiger partial charge in [-0.25, -0.2) is 8.78 Å². The van der Waals surface area contributed by atoms with E-state index in [4.69, 9.17) is 9.47 Å². The van der Waals surface area contributed by atoms with E-state index < -0.39 is 17.9 Å². The Morgan fingerprint density at radius 3 is 2.68 bits per heavy atom. The van der Waals surface area contributed by atoms with Gasteiger partial charge in [0, 0.05) is 17.6 Å². The Morgan fingerprint density at radius 2 is 1.96 bits per heavy atom. The number of benzene rings is 1. The SMILES string of the molecule is C=C1CCC2[C@]3(C)CO[C@@H](c4ccc(F)c(F)c4)O[C@@H]3CC[C@@]2(C)[C@@H]1CCO. The van der Waals surface area contributed by atoms with E-state index >= 15 is 0 Å². The molecule has 1 heterocycles. The molecule has 3 fully saturated rings. The molecule has 0 amide bonds. The minimum Gasteiger partial charge on any atom is -0.396 e. The largest absolute Gasteiger partial charge is 0.396 e. The average molecular weight is 392 g/mol. The number of allylic oxidation sites excluding steroid dienone is 1. The van der Waals surface area contributed by atoms with E-state index in [0.717, 1.165) is 44.2 Å². The summed E-state index contributed by atoms with van der Waals surface area (Å²) in [6.07, 6.45) is 4.02. The van der Waals surface area contributed by atoms with Gasteiger partial charge in [-0.15, -0.1) is 0 Å². The van der Waals surface area contributed by atoms with Crippen LogP contribution < -0.4 is 0 Å². The summed E-state index contributed by atoms with van der Waals surface area (Å²) in [5.41, 5.74) is 1.71. The molecular weight excluding hydrogens is 362 g/mol. The highest BCUT2D eigenvalue weighted by Crippen LogP contribution is 2.63. The molecule has 0 bridgehead atoms. The van der Waals surface area contributed by atoms with Crippen molar-refractivity contribution in [2.24, 2.45) is 22.7 Å². The van der Waals surface area contributed by atoms with Crippen molar-refractivity contribution in [2.45, 2.75) is 58.3 Å². The molecule has 0 radical (unpaired) electrons. The average Bonchev–Trinajstić information content (AvgIpc) is 2.66. The number of aliphatic hydroxyl groups is 1. The van der Waals surface area contributed by atoms with E-state index in [1.54, 1.807) is 0 Å². The molecule has 3 aliphatic rings. The van der Waals surface area contributed by atoms with Crippen LogP contribution in [0.2, 0.25) is 0 Å². The zero-order valence-corrected chi connectivity index (χ0v) is 16.7. The molecule has 0 aromatic heterocycles. The highest BCUT2D eigenvalue weighted by Gasteiger charge is 2.60. The number of hydrogen-bond acceptors (Lipinski definition) is 3. The molecule has 6 atom stereocenters. The first-order valence-electron chi connectivity index (χ1n) is 10.3. The molecular formula is C23H30F2O3. The lowest BCUT2D eigenvalue weighted by Gasteiger charge is -2.62. The molecule has 4 rings (SSSR count). The third kappa shape index (κ3) is 3.03. The Labute approximate surface area is 165 Å². The summed E-state index contributed by atoms with van der Waals surface area (Å²) in [5.74, 6) is -1.02. The number of halogens is 2. The smallest absolute Gasteiger partial charge is 0.184 e. The summed E-state index contributed by atoms with van der Waals surface area (Å²) < 4.78 is 39.3. The predicted molar refractivity (Wildman–Crippen MR) is 102 cm³/mol. The van der Waals surface area contributed by atoms with Crippen LogP contribution in [0.4, 0.5) is 8.78 Å². The van der Waals surface area contributed by atoms with Crippen molar-refractivity contribution in [3.05, 3.63) is 47.5 Å². The molecule has 1 N–H and O–H groups in total. The van der Waals surface area contributed by atoms with Gasteiger partial charge in [-0.05, 0) is 61.5 Å². The second-order valence-corrected chi connectivity index (χ2v) is 9.31. The van der Waals surface area contributed by atoms with Crippen molar-refractivity contribution >= 4 is 0 Å². The van der Waals surface area contributed by atoms with Crippen molar-refractivity contribution in [3.8, 4) is 0 Å². The first-order valence-corrected chi connectivity index (χ1v) is 10.3. The molecule has 1 aliphatic heterocycles. The molecule has 1 unspecified atom stereocenters.